The fraction of sp³-hybridized carbons (Fsp3) is 0.176. The summed E-state index contributed by atoms with van der Waals surface area (Å²) in [6.07, 6.45) is 0. The molecule has 0 spiro atoms. The molecule has 0 aliphatic heterocycles. The number of aromatic carboxylic acids is 1. The van der Waals surface area contributed by atoms with Crippen LogP contribution in [0.2, 0.25) is 0 Å². The molecule has 0 aliphatic rings. The highest BCUT2D eigenvalue weighted by Gasteiger charge is 2.20. The van der Waals surface area contributed by atoms with Crippen LogP contribution in [0.25, 0.3) is 0 Å². The molecule has 1 atom stereocenters. The molecular formula is C17H17NO4. The topological polar surface area (TPSA) is 86.6 Å². The minimum absolute atomic E-state index is 0.206. The van der Waals surface area contributed by atoms with Crippen molar-refractivity contribution in [1.82, 2.24) is 5.32 Å². The lowest BCUT2D eigenvalue weighted by molar-refractivity contribution is -0.139. The van der Waals surface area contributed by atoms with E-state index in [1.54, 1.807) is 18.2 Å². The van der Waals surface area contributed by atoms with Crippen molar-refractivity contribution in [3.8, 4) is 0 Å². The molecule has 0 amide bonds. The van der Waals surface area contributed by atoms with E-state index in [9.17, 15) is 14.7 Å². The van der Waals surface area contributed by atoms with Crippen molar-refractivity contribution < 1.29 is 19.8 Å². The average Bonchev–Trinajstić information content (AvgIpc) is 2.49. The first-order chi connectivity index (χ1) is 10.5. The van der Waals surface area contributed by atoms with Crippen molar-refractivity contribution in [1.29, 1.82) is 0 Å². The van der Waals surface area contributed by atoms with Crippen molar-refractivity contribution >= 4 is 11.9 Å². The van der Waals surface area contributed by atoms with Crippen LogP contribution in [-0.2, 0) is 11.3 Å². The monoisotopic (exact) mass is 299 g/mol. The van der Waals surface area contributed by atoms with Gasteiger partial charge in [-0.05, 0) is 35.7 Å². The lowest BCUT2D eigenvalue weighted by atomic mass is 10.0. The molecule has 0 fully saturated rings. The van der Waals surface area contributed by atoms with Gasteiger partial charge in [0.15, 0.2) is 0 Å². The number of hydrogen-bond donors (Lipinski definition) is 3. The smallest absolute Gasteiger partial charge is 0.335 e. The zero-order chi connectivity index (χ0) is 16.1. The van der Waals surface area contributed by atoms with Crippen LogP contribution in [0, 0.1) is 6.92 Å². The average molecular weight is 299 g/mol. The standard InChI is InChI=1S/C17H17NO4/c1-11-4-2-3-5-14(11)15(17(21)22)18-10-12-6-8-13(9-7-12)16(19)20/h2-9,15,18H,10H2,1H3,(H,19,20)(H,21,22). The molecular weight excluding hydrogens is 282 g/mol. The quantitative estimate of drug-likeness (QED) is 0.763. The summed E-state index contributed by atoms with van der Waals surface area (Å²) >= 11 is 0. The predicted octanol–water partition coefficient (Wildman–Crippen LogP) is 2.61. The van der Waals surface area contributed by atoms with Gasteiger partial charge in [-0.3, -0.25) is 10.1 Å². The Morgan fingerprint density at radius 2 is 1.68 bits per heavy atom. The summed E-state index contributed by atoms with van der Waals surface area (Å²) in [7, 11) is 0. The number of benzene rings is 2. The normalized spacial score (nSPS) is 11.9. The maximum atomic E-state index is 11.5. The minimum Gasteiger partial charge on any atom is -0.480 e. The van der Waals surface area contributed by atoms with E-state index in [4.69, 9.17) is 5.11 Å². The number of hydrogen-bond acceptors (Lipinski definition) is 3. The third-order valence-electron chi connectivity index (χ3n) is 3.46. The van der Waals surface area contributed by atoms with E-state index in [1.807, 2.05) is 25.1 Å². The van der Waals surface area contributed by atoms with E-state index in [0.717, 1.165) is 16.7 Å². The van der Waals surface area contributed by atoms with Crippen LogP contribution in [0.1, 0.15) is 33.1 Å². The summed E-state index contributed by atoms with van der Waals surface area (Å²) in [5, 5.41) is 21.3. The number of nitrogens with one attached hydrogen (secondary N) is 1. The summed E-state index contributed by atoms with van der Waals surface area (Å²) < 4.78 is 0. The highest BCUT2D eigenvalue weighted by atomic mass is 16.4. The second-order valence-corrected chi connectivity index (χ2v) is 5.01. The molecule has 0 aromatic heterocycles. The van der Waals surface area contributed by atoms with E-state index in [2.05, 4.69) is 5.32 Å². The second-order valence-electron chi connectivity index (χ2n) is 5.01. The zero-order valence-corrected chi connectivity index (χ0v) is 12.1. The van der Waals surface area contributed by atoms with Crippen molar-refractivity contribution in [3.63, 3.8) is 0 Å². The maximum absolute atomic E-state index is 11.5. The molecule has 0 bridgehead atoms. The molecule has 2 rings (SSSR count). The molecule has 5 heteroatoms. The first-order valence-electron chi connectivity index (χ1n) is 6.83. The van der Waals surface area contributed by atoms with Gasteiger partial charge in [0.05, 0.1) is 5.56 Å². The van der Waals surface area contributed by atoms with Gasteiger partial charge in [-0.1, -0.05) is 36.4 Å². The Kier molecular flexibility index (Phi) is 4.91. The van der Waals surface area contributed by atoms with Crippen molar-refractivity contribution in [3.05, 3.63) is 70.8 Å². The molecule has 0 saturated carbocycles. The largest absolute Gasteiger partial charge is 0.480 e. The Morgan fingerprint density at radius 1 is 1.05 bits per heavy atom. The number of carboxylic acid groups (broad SMARTS) is 2. The van der Waals surface area contributed by atoms with Crippen LogP contribution in [0.5, 0.6) is 0 Å². The molecule has 3 N–H and O–H groups in total. The molecule has 5 nitrogen and oxygen atoms in total. The van der Waals surface area contributed by atoms with Crippen LogP contribution in [0.3, 0.4) is 0 Å². The Hall–Kier alpha value is -2.66. The van der Waals surface area contributed by atoms with Crippen LogP contribution < -0.4 is 5.32 Å². The fourth-order valence-corrected chi connectivity index (χ4v) is 2.23. The van der Waals surface area contributed by atoms with Gasteiger partial charge in [0.25, 0.3) is 0 Å². The predicted molar refractivity (Wildman–Crippen MR) is 81.8 cm³/mol. The van der Waals surface area contributed by atoms with Gasteiger partial charge in [-0.2, -0.15) is 0 Å². The third-order valence-corrected chi connectivity index (χ3v) is 3.46. The van der Waals surface area contributed by atoms with Crippen molar-refractivity contribution in [2.45, 2.75) is 19.5 Å². The SMILES string of the molecule is Cc1ccccc1C(NCc1ccc(C(=O)O)cc1)C(=O)O. The Balaban J connectivity index is 2.11. The van der Waals surface area contributed by atoms with Crippen LogP contribution >= 0.6 is 0 Å². The Morgan fingerprint density at radius 3 is 2.23 bits per heavy atom. The molecule has 2 aromatic rings. The first kappa shape index (κ1) is 15.7. The van der Waals surface area contributed by atoms with Gasteiger partial charge in [0.1, 0.15) is 6.04 Å². The summed E-state index contributed by atoms with van der Waals surface area (Å²) in [6.45, 7) is 2.21. The molecule has 2 aromatic carbocycles. The zero-order valence-electron chi connectivity index (χ0n) is 12.1. The third kappa shape index (κ3) is 3.71. The summed E-state index contributed by atoms with van der Waals surface area (Å²) in [5.74, 6) is -1.93. The van der Waals surface area contributed by atoms with Gasteiger partial charge in [0.2, 0.25) is 0 Å². The van der Waals surface area contributed by atoms with Gasteiger partial charge < -0.3 is 10.2 Å². The first-order valence-corrected chi connectivity index (χ1v) is 6.83. The Labute approximate surface area is 128 Å². The number of carbonyl (C=O) groups is 2. The van der Waals surface area contributed by atoms with Crippen LogP contribution in [0.15, 0.2) is 48.5 Å². The van der Waals surface area contributed by atoms with Gasteiger partial charge in [0, 0.05) is 6.54 Å². The lowest BCUT2D eigenvalue weighted by Gasteiger charge is -2.17. The molecule has 22 heavy (non-hydrogen) atoms. The molecule has 0 aliphatic carbocycles. The highest BCUT2D eigenvalue weighted by Crippen LogP contribution is 2.18. The minimum atomic E-state index is -0.983. The number of aliphatic carboxylic acids is 1. The van der Waals surface area contributed by atoms with E-state index < -0.39 is 18.0 Å². The van der Waals surface area contributed by atoms with Gasteiger partial charge >= 0.3 is 11.9 Å². The second kappa shape index (κ2) is 6.87. The summed E-state index contributed by atoms with van der Waals surface area (Å²) in [6, 6.07) is 12.9. The molecule has 1 unspecified atom stereocenters. The Bertz CT molecular complexity index is 679. The van der Waals surface area contributed by atoms with Crippen LogP contribution in [-0.4, -0.2) is 22.2 Å². The van der Waals surface area contributed by atoms with E-state index in [-0.39, 0.29) is 5.56 Å². The van der Waals surface area contributed by atoms with Gasteiger partial charge in [-0.25, -0.2) is 4.79 Å². The molecule has 0 saturated heterocycles. The number of carboxylic acids is 2. The van der Waals surface area contributed by atoms with Crippen LogP contribution in [0.4, 0.5) is 0 Å². The summed E-state index contributed by atoms with van der Waals surface area (Å²) in [5.41, 5.74) is 2.66. The molecule has 0 radical (unpaired) electrons. The lowest BCUT2D eigenvalue weighted by Crippen LogP contribution is -2.28. The van der Waals surface area contributed by atoms with E-state index in [1.165, 1.54) is 12.1 Å². The van der Waals surface area contributed by atoms with Crippen molar-refractivity contribution in [2.24, 2.45) is 0 Å². The summed E-state index contributed by atoms with van der Waals surface area (Å²) in [4.78, 5) is 22.3. The molecule has 0 heterocycles. The number of rotatable bonds is 6. The van der Waals surface area contributed by atoms with Gasteiger partial charge in [-0.15, -0.1) is 0 Å². The van der Waals surface area contributed by atoms with Crippen molar-refractivity contribution in [2.75, 3.05) is 0 Å². The fourth-order valence-electron chi connectivity index (χ4n) is 2.23. The van der Waals surface area contributed by atoms with E-state index in [0.29, 0.717) is 6.54 Å². The molecule has 114 valence electrons. The highest BCUT2D eigenvalue weighted by molar-refractivity contribution is 5.87. The maximum Gasteiger partial charge on any atom is 0.335 e. The van der Waals surface area contributed by atoms with E-state index >= 15 is 0 Å². The number of aryl methyl sites for hydroxylation is 1.